The lowest BCUT2D eigenvalue weighted by atomic mass is 10.0. The molecule has 0 aliphatic rings. The van der Waals surface area contributed by atoms with Gasteiger partial charge in [0.1, 0.15) is 6.04 Å². The molecule has 0 spiro atoms. The number of hydrogen-bond acceptors (Lipinski definition) is 3. The van der Waals surface area contributed by atoms with Crippen molar-refractivity contribution >= 4 is 18.2 Å². The summed E-state index contributed by atoms with van der Waals surface area (Å²) in [4.78, 5) is 32.7. The predicted molar refractivity (Wildman–Crippen MR) is 60.8 cm³/mol. The van der Waals surface area contributed by atoms with Crippen LogP contribution >= 0.6 is 0 Å². The van der Waals surface area contributed by atoms with Crippen LogP contribution in [0.3, 0.4) is 0 Å². The molecule has 1 aromatic rings. The lowest BCUT2D eigenvalue weighted by Gasteiger charge is -2.10. The van der Waals surface area contributed by atoms with E-state index in [-0.39, 0.29) is 18.6 Å². The lowest BCUT2D eigenvalue weighted by Crippen LogP contribution is -2.37. The Hall–Kier alpha value is -2.17. The van der Waals surface area contributed by atoms with Gasteiger partial charge in [-0.15, -0.1) is 0 Å². The van der Waals surface area contributed by atoms with Gasteiger partial charge in [0.05, 0.1) is 0 Å². The van der Waals surface area contributed by atoms with Gasteiger partial charge in [0.2, 0.25) is 6.41 Å². The normalized spacial score (nSPS) is 11.6. The molecule has 17 heavy (non-hydrogen) atoms. The minimum Gasteiger partial charge on any atom is -0.480 e. The van der Waals surface area contributed by atoms with E-state index in [2.05, 4.69) is 5.32 Å². The molecule has 0 saturated heterocycles. The summed E-state index contributed by atoms with van der Waals surface area (Å²) in [6.07, 6.45) is 0.0276. The zero-order valence-corrected chi connectivity index (χ0v) is 9.34. The molecular weight excluding hydrogens is 222 g/mol. The van der Waals surface area contributed by atoms with Gasteiger partial charge >= 0.3 is 5.97 Å². The van der Waals surface area contributed by atoms with Gasteiger partial charge in [-0.05, 0) is 13.0 Å². The highest BCUT2D eigenvalue weighted by atomic mass is 16.4. The molecule has 1 aromatic carbocycles. The van der Waals surface area contributed by atoms with Gasteiger partial charge in [-0.25, -0.2) is 4.79 Å². The Bertz CT molecular complexity index is 442. The Morgan fingerprint density at radius 2 is 2.18 bits per heavy atom. The average molecular weight is 235 g/mol. The lowest BCUT2D eigenvalue weighted by molar-refractivity contribution is -0.140. The zero-order chi connectivity index (χ0) is 12.8. The smallest absolute Gasteiger partial charge is 0.326 e. The van der Waals surface area contributed by atoms with Crippen molar-refractivity contribution in [3.63, 3.8) is 0 Å². The van der Waals surface area contributed by atoms with Crippen LogP contribution in [0.1, 0.15) is 22.3 Å². The number of ketones is 1. The summed E-state index contributed by atoms with van der Waals surface area (Å²) in [5.74, 6) is -1.53. The van der Waals surface area contributed by atoms with Crippen LogP contribution in [0, 0.1) is 6.92 Å². The highest BCUT2D eigenvalue weighted by molar-refractivity contribution is 5.99. The number of hydrogen-bond donors (Lipinski definition) is 2. The fourth-order valence-corrected chi connectivity index (χ4v) is 1.42. The van der Waals surface area contributed by atoms with E-state index in [0.717, 1.165) is 5.56 Å². The van der Waals surface area contributed by atoms with Crippen molar-refractivity contribution < 1.29 is 19.5 Å². The molecule has 1 rings (SSSR count). The number of aliphatic carboxylic acids is 1. The third-order valence-electron chi connectivity index (χ3n) is 2.30. The minimum absolute atomic E-state index is 0.252. The van der Waals surface area contributed by atoms with Crippen LogP contribution in [0.15, 0.2) is 24.3 Å². The molecule has 1 unspecified atom stereocenters. The number of Topliss-reactive ketones (excluding diaryl/α,β-unsaturated/α-hetero) is 1. The summed E-state index contributed by atoms with van der Waals surface area (Å²) in [5, 5.41) is 10.9. The fraction of sp³-hybridized carbons (Fsp3) is 0.250. The molecule has 0 saturated carbocycles. The van der Waals surface area contributed by atoms with Gasteiger partial charge in [0.25, 0.3) is 0 Å². The van der Waals surface area contributed by atoms with Crippen molar-refractivity contribution in [3.05, 3.63) is 35.4 Å². The van der Waals surface area contributed by atoms with E-state index >= 15 is 0 Å². The number of benzene rings is 1. The van der Waals surface area contributed by atoms with Crippen LogP contribution in [0.2, 0.25) is 0 Å². The van der Waals surface area contributed by atoms with E-state index in [9.17, 15) is 14.4 Å². The van der Waals surface area contributed by atoms with Crippen molar-refractivity contribution in [1.82, 2.24) is 5.32 Å². The highest BCUT2D eigenvalue weighted by Crippen LogP contribution is 2.08. The first-order valence-electron chi connectivity index (χ1n) is 5.07. The Labute approximate surface area is 98.4 Å². The van der Waals surface area contributed by atoms with Gasteiger partial charge in [0, 0.05) is 12.0 Å². The van der Waals surface area contributed by atoms with E-state index in [1.165, 1.54) is 0 Å². The molecule has 5 heteroatoms. The maximum atomic E-state index is 11.8. The fourth-order valence-electron chi connectivity index (χ4n) is 1.42. The summed E-state index contributed by atoms with van der Waals surface area (Å²) >= 11 is 0. The second-order valence-electron chi connectivity index (χ2n) is 3.67. The first-order valence-corrected chi connectivity index (χ1v) is 5.07. The van der Waals surface area contributed by atoms with Crippen molar-refractivity contribution in [2.75, 3.05) is 0 Å². The number of amides is 1. The Morgan fingerprint density at radius 1 is 1.47 bits per heavy atom. The van der Waals surface area contributed by atoms with Gasteiger partial charge in [-0.2, -0.15) is 0 Å². The molecule has 0 heterocycles. The number of carbonyl (C=O) groups is 3. The summed E-state index contributed by atoms with van der Waals surface area (Å²) in [7, 11) is 0. The SMILES string of the molecule is Cc1cccc(C(=O)CC(NC=O)C(=O)O)c1. The Kier molecular flexibility index (Phi) is 4.39. The number of aryl methyl sites for hydroxylation is 1. The number of carboxylic acids is 1. The van der Waals surface area contributed by atoms with Gasteiger partial charge < -0.3 is 10.4 Å². The van der Waals surface area contributed by atoms with Gasteiger partial charge in [-0.3, -0.25) is 9.59 Å². The average Bonchev–Trinajstić information content (AvgIpc) is 2.28. The summed E-state index contributed by atoms with van der Waals surface area (Å²) in [6, 6.07) is 5.69. The zero-order valence-electron chi connectivity index (χ0n) is 9.34. The molecule has 2 N–H and O–H groups in total. The maximum absolute atomic E-state index is 11.8. The molecule has 5 nitrogen and oxygen atoms in total. The number of carboxylic acid groups (broad SMARTS) is 1. The van der Waals surface area contributed by atoms with Crippen molar-refractivity contribution in [3.8, 4) is 0 Å². The molecule has 1 atom stereocenters. The predicted octanol–water partition coefficient (Wildman–Crippen LogP) is 0.767. The molecule has 0 bridgehead atoms. The molecule has 1 amide bonds. The molecule has 90 valence electrons. The monoisotopic (exact) mass is 235 g/mol. The van der Waals surface area contributed by atoms with E-state index in [0.29, 0.717) is 5.56 Å². The van der Waals surface area contributed by atoms with Crippen LogP contribution in [0.25, 0.3) is 0 Å². The first kappa shape index (κ1) is 12.9. The van der Waals surface area contributed by atoms with Crippen molar-refractivity contribution in [1.29, 1.82) is 0 Å². The topological polar surface area (TPSA) is 83.5 Å². The second-order valence-corrected chi connectivity index (χ2v) is 3.67. The minimum atomic E-state index is -1.22. The van der Waals surface area contributed by atoms with Crippen molar-refractivity contribution in [2.45, 2.75) is 19.4 Å². The molecule has 0 aliphatic heterocycles. The third-order valence-corrected chi connectivity index (χ3v) is 2.30. The molecule has 0 aromatic heterocycles. The number of carbonyl (C=O) groups excluding carboxylic acids is 2. The van der Waals surface area contributed by atoms with Crippen LogP contribution in [0.5, 0.6) is 0 Å². The number of nitrogens with one attached hydrogen (secondary N) is 1. The Balaban J connectivity index is 2.77. The highest BCUT2D eigenvalue weighted by Gasteiger charge is 2.20. The van der Waals surface area contributed by atoms with E-state index in [1.54, 1.807) is 18.2 Å². The molecular formula is C12H13NO4. The Morgan fingerprint density at radius 3 is 2.71 bits per heavy atom. The number of rotatable bonds is 6. The summed E-state index contributed by atoms with van der Waals surface area (Å²) < 4.78 is 0. The van der Waals surface area contributed by atoms with E-state index < -0.39 is 12.0 Å². The van der Waals surface area contributed by atoms with Crippen molar-refractivity contribution in [2.24, 2.45) is 0 Å². The molecule has 0 radical (unpaired) electrons. The van der Waals surface area contributed by atoms with Crippen LogP contribution in [-0.4, -0.2) is 29.3 Å². The molecule has 0 aliphatic carbocycles. The van der Waals surface area contributed by atoms with Gasteiger partial charge in [-0.1, -0.05) is 23.8 Å². The standard InChI is InChI=1S/C12H13NO4/c1-8-3-2-4-9(5-8)11(15)6-10(12(16)17)13-7-14/h2-5,7,10H,6H2,1H3,(H,13,14)(H,16,17). The summed E-state index contributed by atoms with van der Waals surface area (Å²) in [6.45, 7) is 1.84. The largest absolute Gasteiger partial charge is 0.480 e. The molecule has 0 fully saturated rings. The third kappa shape index (κ3) is 3.71. The van der Waals surface area contributed by atoms with Crippen LogP contribution in [-0.2, 0) is 9.59 Å². The van der Waals surface area contributed by atoms with Gasteiger partial charge in [0.15, 0.2) is 5.78 Å². The van der Waals surface area contributed by atoms with Crippen LogP contribution in [0.4, 0.5) is 0 Å². The quantitative estimate of drug-likeness (QED) is 0.563. The maximum Gasteiger partial charge on any atom is 0.326 e. The first-order chi connectivity index (χ1) is 8.04. The van der Waals surface area contributed by atoms with E-state index in [1.807, 2.05) is 13.0 Å². The summed E-state index contributed by atoms with van der Waals surface area (Å²) in [5.41, 5.74) is 1.37. The van der Waals surface area contributed by atoms with Crippen LogP contribution < -0.4 is 5.32 Å². The van der Waals surface area contributed by atoms with E-state index in [4.69, 9.17) is 5.11 Å². The second kappa shape index (κ2) is 5.79.